The van der Waals surface area contributed by atoms with Gasteiger partial charge in [-0.25, -0.2) is 9.59 Å². The molecular weight excluding hydrogens is 260 g/mol. The average molecular weight is 280 g/mol. The zero-order chi connectivity index (χ0) is 15.3. The molecule has 0 unspecified atom stereocenters. The number of urea groups is 1. The Kier molecular flexibility index (Phi) is 4.96. The van der Waals surface area contributed by atoms with E-state index in [9.17, 15) is 9.59 Å². The van der Waals surface area contributed by atoms with Gasteiger partial charge in [0.1, 0.15) is 11.3 Å². The van der Waals surface area contributed by atoms with Crippen LogP contribution in [0.2, 0.25) is 0 Å². The molecule has 0 radical (unpaired) electrons. The van der Waals surface area contributed by atoms with Crippen molar-refractivity contribution < 1.29 is 19.4 Å². The molecule has 0 aliphatic rings. The molecule has 110 valence electrons. The Labute approximate surface area is 118 Å². The molecule has 0 saturated carbocycles. The lowest BCUT2D eigenvalue weighted by molar-refractivity contribution is -0.146. The third kappa shape index (κ3) is 3.63. The maximum absolute atomic E-state index is 12.0. The molecule has 0 aliphatic carbocycles. The predicted molar refractivity (Wildman–Crippen MR) is 76.1 cm³/mol. The zero-order valence-corrected chi connectivity index (χ0v) is 12.1. The van der Waals surface area contributed by atoms with Crippen molar-refractivity contribution in [1.29, 1.82) is 0 Å². The number of carbonyl (C=O) groups excluding carboxylic acids is 1. The van der Waals surface area contributed by atoms with Crippen LogP contribution in [-0.4, -0.2) is 41.2 Å². The molecule has 20 heavy (non-hydrogen) atoms. The molecule has 0 atom stereocenters. The van der Waals surface area contributed by atoms with E-state index >= 15 is 0 Å². The van der Waals surface area contributed by atoms with Gasteiger partial charge in [-0.05, 0) is 32.9 Å². The summed E-state index contributed by atoms with van der Waals surface area (Å²) >= 11 is 0. The summed E-state index contributed by atoms with van der Waals surface area (Å²) in [5.41, 5.74) is -0.740. The van der Waals surface area contributed by atoms with Gasteiger partial charge in [-0.3, -0.25) is 0 Å². The van der Waals surface area contributed by atoms with Gasteiger partial charge in [0.25, 0.3) is 0 Å². The van der Waals surface area contributed by atoms with E-state index in [0.717, 1.165) is 4.90 Å². The number of carboxylic acids is 1. The number of nitrogens with zero attached hydrogens (tertiary/aromatic N) is 1. The Morgan fingerprint density at radius 2 is 2.05 bits per heavy atom. The molecule has 1 aromatic carbocycles. The van der Waals surface area contributed by atoms with E-state index in [2.05, 4.69) is 5.32 Å². The van der Waals surface area contributed by atoms with Gasteiger partial charge in [-0.2, -0.15) is 0 Å². The van der Waals surface area contributed by atoms with Gasteiger partial charge in [-0.15, -0.1) is 0 Å². The molecule has 1 rings (SSSR count). The standard InChI is InChI=1S/C14H20N2O4/c1-5-20-11-8-6-7-10(9-11)15-13(19)16(4)14(2,3)12(17)18/h6-9H,5H2,1-4H3,(H,15,19)(H,17,18). The Morgan fingerprint density at radius 3 is 2.60 bits per heavy atom. The van der Waals surface area contributed by atoms with Crippen LogP contribution in [0.25, 0.3) is 0 Å². The molecule has 0 saturated heterocycles. The highest BCUT2D eigenvalue weighted by atomic mass is 16.5. The molecule has 6 heteroatoms. The highest BCUT2D eigenvalue weighted by Crippen LogP contribution is 2.19. The summed E-state index contributed by atoms with van der Waals surface area (Å²) in [6.45, 7) is 5.33. The number of rotatable bonds is 5. The highest BCUT2D eigenvalue weighted by molar-refractivity contribution is 5.93. The number of ether oxygens (including phenoxy) is 1. The van der Waals surface area contributed by atoms with Crippen molar-refractivity contribution in [3.63, 3.8) is 0 Å². The number of amides is 2. The van der Waals surface area contributed by atoms with E-state index in [1.807, 2.05) is 6.92 Å². The van der Waals surface area contributed by atoms with Crippen molar-refractivity contribution >= 4 is 17.7 Å². The Bertz CT molecular complexity index is 500. The summed E-state index contributed by atoms with van der Waals surface area (Å²) in [5, 5.41) is 11.7. The van der Waals surface area contributed by atoms with Crippen molar-refractivity contribution in [2.75, 3.05) is 19.0 Å². The lowest BCUT2D eigenvalue weighted by atomic mass is 10.1. The number of anilines is 1. The van der Waals surface area contributed by atoms with Crippen LogP contribution in [0.4, 0.5) is 10.5 Å². The van der Waals surface area contributed by atoms with Crippen molar-refractivity contribution in [1.82, 2.24) is 4.90 Å². The quantitative estimate of drug-likeness (QED) is 0.868. The van der Waals surface area contributed by atoms with Crippen LogP contribution in [0.3, 0.4) is 0 Å². The summed E-state index contributed by atoms with van der Waals surface area (Å²) < 4.78 is 5.34. The van der Waals surface area contributed by atoms with Crippen LogP contribution in [0.15, 0.2) is 24.3 Å². The highest BCUT2D eigenvalue weighted by Gasteiger charge is 2.35. The number of carboxylic acid groups (broad SMARTS) is 1. The van der Waals surface area contributed by atoms with Gasteiger partial charge in [-0.1, -0.05) is 6.07 Å². The number of aliphatic carboxylic acids is 1. The molecule has 0 aromatic heterocycles. The van der Waals surface area contributed by atoms with Crippen LogP contribution in [0.5, 0.6) is 5.75 Å². The lowest BCUT2D eigenvalue weighted by Crippen LogP contribution is -2.52. The fraction of sp³-hybridized carbons (Fsp3) is 0.429. The van der Waals surface area contributed by atoms with E-state index in [1.165, 1.54) is 20.9 Å². The molecule has 2 N–H and O–H groups in total. The number of hydrogen-bond donors (Lipinski definition) is 2. The monoisotopic (exact) mass is 280 g/mol. The van der Waals surface area contributed by atoms with Crippen LogP contribution in [0, 0.1) is 0 Å². The third-order valence-corrected chi connectivity index (χ3v) is 3.06. The molecular formula is C14H20N2O4. The second kappa shape index (κ2) is 6.27. The SMILES string of the molecule is CCOc1cccc(NC(=O)N(C)C(C)(C)C(=O)O)c1. The minimum Gasteiger partial charge on any atom is -0.494 e. The minimum absolute atomic E-state index is 0.494. The van der Waals surface area contributed by atoms with Gasteiger partial charge < -0.3 is 20.1 Å². The Morgan fingerprint density at radius 1 is 1.40 bits per heavy atom. The largest absolute Gasteiger partial charge is 0.494 e. The van der Waals surface area contributed by atoms with Gasteiger partial charge in [0, 0.05) is 18.8 Å². The van der Waals surface area contributed by atoms with Gasteiger partial charge in [0.05, 0.1) is 6.61 Å². The first-order valence-electron chi connectivity index (χ1n) is 6.30. The van der Waals surface area contributed by atoms with Crippen molar-refractivity contribution in [3.8, 4) is 5.75 Å². The first-order chi connectivity index (χ1) is 9.28. The lowest BCUT2D eigenvalue weighted by Gasteiger charge is -2.31. The third-order valence-electron chi connectivity index (χ3n) is 3.06. The Hall–Kier alpha value is -2.24. The van der Waals surface area contributed by atoms with E-state index in [-0.39, 0.29) is 0 Å². The molecule has 6 nitrogen and oxygen atoms in total. The molecule has 0 aliphatic heterocycles. The normalized spacial score (nSPS) is 10.8. The number of hydrogen-bond acceptors (Lipinski definition) is 3. The number of benzene rings is 1. The van der Waals surface area contributed by atoms with E-state index in [0.29, 0.717) is 18.0 Å². The summed E-state index contributed by atoms with van der Waals surface area (Å²) in [4.78, 5) is 24.3. The Balaban J connectivity index is 2.80. The topological polar surface area (TPSA) is 78.9 Å². The molecule has 1 aromatic rings. The van der Waals surface area contributed by atoms with E-state index in [1.54, 1.807) is 24.3 Å². The molecule has 0 bridgehead atoms. The van der Waals surface area contributed by atoms with Gasteiger partial charge in [0.2, 0.25) is 0 Å². The van der Waals surface area contributed by atoms with Gasteiger partial charge >= 0.3 is 12.0 Å². The maximum Gasteiger partial charge on any atom is 0.329 e. The molecule has 0 fully saturated rings. The predicted octanol–water partition coefficient (Wildman–Crippen LogP) is 2.41. The fourth-order valence-corrected chi connectivity index (χ4v) is 1.43. The van der Waals surface area contributed by atoms with Crippen LogP contribution in [-0.2, 0) is 4.79 Å². The van der Waals surface area contributed by atoms with Crippen molar-refractivity contribution in [2.45, 2.75) is 26.3 Å². The summed E-state index contributed by atoms with van der Waals surface area (Å²) in [7, 11) is 1.44. The molecule has 0 spiro atoms. The molecule has 2 amide bonds. The maximum atomic E-state index is 12.0. The first-order valence-corrected chi connectivity index (χ1v) is 6.30. The number of carbonyl (C=O) groups is 2. The van der Waals surface area contributed by atoms with Crippen molar-refractivity contribution in [2.24, 2.45) is 0 Å². The number of nitrogens with one attached hydrogen (secondary N) is 1. The smallest absolute Gasteiger partial charge is 0.329 e. The first kappa shape index (κ1) is 15.8. The minimum atomic E-state index is -1.29. The van der Waals surface area contributed by atoms with Gasteiger partial charge in [0.15, 0.2) is 0 Å². The van der Waals surface area contributed by atoms with Crippen LogP contribution < -0.4 is 10.1 Å². The fourth-order valence-electron chi connectivity index (χ4n) is 1.43. The zero-order valence-electron chi connectivity index (χ0n) is 12.1. The second-order valence-corrected chi connectivity index (χ2v) is 4.81. The van der Waals surface area contributed by atoms with E-state index < -0.39 is 17.5 Å². The summed E-state index contributed by atoms with van der Waals surface area (Å²) in [5.74, 6) is -0.427. The number of likely N-dealkylation sites (N-methyl/N-ethyl adjacent to an activating group) is 1. The summed E-state index contributed by atoms with van der Waals surface area (Å²) in [6, 6.07) is 6.43. The average Bonchev–Trinajstić information content (AvgIpc) is 2.38. The summed E-state index contributed by atoms with van der Waals surface area (Å²) in [6.07, 6.45) is 0. The van der Waals surface area contributed by atoms with Crippen LogP contribution in [0.1, 0.15) is 20.8 Å². The molecule has 0 heterocycles. The van der Waals surface area contributed by atoms with E-state index in [4.69, 9.17) is 9.84 Å². The van der Waals surface area contributed by atoms with Crippen molar-refractivity contribution in [3.05, 3.63) is 24.3 Å². The van der Waals surface area contributed by atoms with Crippen LogP contribution >= 0.6 is 0 Å². The second-order valence-electron chi connectivity index (χ2n) is 4.81.